The van der Waals surface area contributed by atoms with E-state index < -0.39 is 36.0 Å². The number of aromatic hydroxyl groups is 1. The SMILES string of the molecule is CC(C)(CC(O)(CN1CCNc2ccccc21)C(F)(F)F)c1cc(F)ccc1O. The van der Waals surface area contributed by atoms with Gasteiger partial charge < -0.3 is 20.4 Å². The van der Waals surface area contributed by atoms with Crippen LogP contribution in [-0.2, 0) is 5.41 Å². The molecule has 1 aliphatic rings. The van der Waals surface area contributed by atoms with Crippen LogP contribution >= 0.6 is 0 Å². The number of hydrogen-bond donors (Lipinski definition) is 3. The van der Waals surface area contributed by atoms with E-state index in [0.29, 0.717) is 24.5 Å². The van der Waals surface area contributed by atoms with Gasteiger partial charge in [-0.1, -0.05) is 26.0 Å². The lowest BCUT2D eigenvalue weighted by Gasteiger charge is -2.43. The molecule has 8 heteroatoms. The highest BCUT2D eigenvalue weighted by molar-refractivity contribution is 5.72. The second-order valence-electron chi connectivity index (χ2n) is 8.12. The van der Waals surface area contributed by atoms with Crippen molar-refractivity contribution < 1.29 is 27.8 Å². The molecule has 0 saturated heterocycles. The van der Waals surface area contributed by atoms with E-state index in [1.54, 1.807) is 24.3 Å². The van der Waals surface area contributed by atoms with Crippen LogP contribution in [0.2, 0.25) is 0 Å². The lowest BCUT2D eigenvalue weighted by Crippen LogP contribution is -2.57. The molecule has 1 heterocycles. The summed E-state index contributed by atoms with van der Waals surface area (Å²) in [6, 6.07) is 10.1. The number of hydrogen-bond acceptors (Lipinski definition) is 4. The summed E-state index contributed by atoms with van der Waals surface area (Å²) in [5.41, 5.74) is -3.12. The number of fused-ring (bicyclic) bond motifs is 1. The van der Waals surface area contributed by atoms with E-state index in [4.69, 9.17) is 0 Å². The van der Waals surface area contributed by atoms with E-state index in [2.05, 4.69) is 5.32 Å². The largest absolute Gasteiger partial charge is 0.508 e. The molecule has 1 unspecified atom stereocenters. The summed E-state index contributed by atoms with van der Waals surface area (Å²) in [6.45, 7) is 2.96. The molecule has 0 spiro atoms. The Morgan fingerprint density at radius 1 is 1.10 bits per heavy atom. The number of rotatable bonds is 5. The highest BCUT2D eigenvalue weighted by atomic mass is 19.4. The van der Waals surface area contributed by atoms with E-state index in [0.717, 1.165) is 18.2 Å². The highest BCUT2D eigenvalue weighted by Crippen LogP contribution is 2.44. The van der Waals surface area contributed by atoms with Gasteiger partial charge in [-0.3, -0.25) is 0 Å². The molecule has 2 aromatic carbocycles. The Kier molecular flexibility index (Phi) is 5.42. The summed E-state index contributed by atoms with van der Waals surface area (Å²) in [6.07, 6.45) is -5.67. The zero-order valence-corrected chi connectivity index (χ0v) is 16.2. The van der Waals surface area contributed by atoms with Crippen molar-refractivity contribution in [2.45, 2.75) is 37.5 Å². The van der Waals surface area contributed by atoms with Crippen molar-refractivity contribution >= 4 is 11.4 Å². The van der Waals surface area contributed by atoms with Gasteiger partial charge in [0.25, 0.3) is 0 Å². The first-order valence-corrected chi connectivity index (χ1v) is 9.29. The number of anilines is 2. The molecule has 0 aromatic heterocycles. The molecule has 4 nitrogen and oxygen atoms in total. The third kappa shape index (κ3) is 4.27. The fraction of sp³-hybridized carbons (Fsp3) is 0.429. The summed E-state index contributed by atoms with van der Waals surface area (Å²) in [5, 5.41) is 24.0. The Balaban J connectivity index is 1.95. The number of alkyl halides is 3. The average molecular weight is 412 g/mol. The molecular formula is C21H24F4N2O2. The van der Waals surface area contributed by atoms with Crippen LogP contribution in [0.25, 0.3) is 0 Å². The van der Waals surface area contributed by atoms with Gasteiger partial charge in [0.2, 0.25) is 0 Å². The molecule has 3 N–H and O–H groups in total. The monoisotopic (exact) mass is 412 g/mol. The number of para-hydroxylation sites is 2. The number of phenolic OH excluding ortho intramolecular Hbond substituents is 1. The predicted molar refractivity (Wildman–Crippen MR) is 104 cm³/mol. The van der Waals surface area contributed by atoms with Crippen molar-refractivity contribution in [3.05, 3.63) is 53.8 Å². The first-order valence-electron chi connectivity index (χ1n) is 9.29. The van der Waals surface area contributed by atoms with Gasteiger partial charge in [0.1, 0.15) is 11.6 Å². The number of benzene rings is 2. The summed E-state index contributed by atoms with van der Waals surface area (Å²) >= 11 is 0. The van der Waals surface area contributed by atoms with Crippen LogP contribution in [0.3, 0.4) is 0 Å². The Morgan fingerprint density at radius 3 is 2.48 bits per heavy atom. The first-order chi connectivity index (χ1) is 13.4. The van der Waals surface area contributed by atoms with Crippen molar-refractivity contribution in [2.24, 2.45) is 0 Å². The van der Waals surface area contributed by atoms with Crippen LogP contribution in [0.15, 0.2) is 42.5 Å². The number of phenols is 1. The average Bonchev–Trinajstić information content (AvgIpc) is 2.62. The maximum absolute atomic E-state index is 14.0. The maximum atomic E-state index is 14.0. The van der Waals surface area contributed by atoms with E-state index in [1.165, 1.54) is 18.7 Å². The van der Waals surface area contributed by atoms with Crippen molar-refractivity contribution in [3.63, 3.8) is 0 Å². The minimum atomic E-state index is -4.92. The number of β-amino-alcohol motifs (C(OH)–C–C–N with tert-alkyl or cyclic N) is 1. The topological polar surface area (TPSA) is 55.7 Å². The maximum Gasteiger partial charge on any atom is 0.418 e. The zero-order valence-electron chi connectivity index (χ0n) is 16.2. The third-order valence-corrected chi connectivity index (χ3v) is 5.34. The van der Waals surface area contributed by atoms with Crippen molar-refractivity contribution in [1.82, 2.24) is 0 Å². The normalized spacial score (nSPS) is 16.7. The molecule has 0 saturated carbocycles. The van der Waals surface area contributed by atoms with Gasteiger partial charge in [0, 0.05) is 18.7 Å². The Bertz CT molecular complexity index is 885. The molecule has 1 aliphatic heterocycles. The Labute approximate surface area is 166 Å². The van der Waals surface area contributed by atoms with Crippen LogP contribution in [0, 0.1) is 5.82 Å². The quantitative estimate of drug-likeness (QED) is 0.637. The van der Waals surface area contributed by atoms with Crippen LogP contribution in [-0.4, -0.2) is 41.6 Å². The lowest BCUT2D eigenvalue weighted by molar-refractivity contribution is -0.262. The lowest BCUT2D eigenvalue weighted by atomic mass is 9.74. The molecule has 158 valence electrons. The minimum Gasteiger partial charge on any atom is -0.508 e. The second-order valence-corrected chi connectivity index (χ2v) is 8.12. The van der Waals surface area contributed by atoms with E-state index in [-0.39, 0.29) is 11.3 Å². The van der Waals surface area contributed by atoms with Crippen molar-refractivity contribution in [1.29, 1.82) is 0 Å². The number of halogens is 4. The highest BCUT2D eigenvalue weighted by Gasteiger charge is 2.57. The number of aliphatic hydroxyl groups is 1. The smallest absolute Gasteiger partial charge is 0.418 e. The summed E-state index contributed by atoms with van der Waals surface area (Å²) in [4.78, 5) is 1.50. The molecule has 1 atom stereocenters. The van der Waals surface area contributed by atoms with Crippen LogP contribution in [0.1, 0.15) is 25.8 Å². The standard InChI is InChI=1S/C21H24F4N2O2/c1-19(2,15-11-14(22)7-8-18(15)28)12-20(29,21(23,24)25)13-27-10-9-26-16-5-3-4-6-17(16)27/h3-8,11,26,28-29H,9-10,12-13H2,1-2H3. The fourth-order valence-corrected chi connectivity index (χ4v) is 3.95. The molecular weight excluding hydrogens is 388 g/mol. The fourth-order valence-electron chi connectivity index (χ4n) is 3.95. The third-order valence-electron chi connectivity index (χ3n) is 5.34. The number of nitrogens with zero attached hydrogens (tertiary/aromatic N) is 1. The Morgan fingerprint density at radius 2 is 1.79 bits per heavy atom. The molecule has 0 bridgehead atoms. The molecule has 0 radical (unpaired) electrons. The van der Waals surface area contributed by atoms with E-state index in [1.807, 2.05) is 0 Å². The predicted octanol–water partition coefficient (Wildman–Crippen LogP) is 4.42. The molecule has 2 aromatic rings. The van der Waals surface area contributed by atoms with Gasteiger partial charge in [-0.15, -0.1) is 0 Å². The van der Waals surface area contributed by atoms with Gasteiger partial charge in [0.15, 0.2) is 5.60 Å². The summed E-state index contributed by atoms with van der Waals surface area (Å²) in [7, 11) is 0. The van der Waals surface area contributed by atoms with Gasteiger partial charge in [-0.05, 0) is 42.2 Å². The van der Waals surface area contributed by atoms with Crippen molar-refractivity contribution in [3.8, 4) is 5.75 Å². The van der Waals surface area contributed by atoms with Crippen LogP contribution in [0.5, 0.6) is 5.75 Å². The van der Waals surface area contributed by atoms with Gasteiger partial charge >= 0.3 is 6.18 Å². The molecule has 0 fully saturated rings. The first kappa shape index (κ1) is 21.2. The van der Waals surface area contributed by atoms with Gasteiger partial charge in [-0.25, -0.2) is 4.39 Å². The van der Waals surface area contributed by atoms with Crippen molar-refractivity contribution in [2.75, 3.05) is 29.9 Å². The molecule has 3 rings (SSSR count). The molecule has 0 amide bonds. The Hall–Kier alpha value is -2.48. The molecule has 29 heavy (non-hydrogen) atoms. The van der Waals surface area contributed by atoms with Gasteiger partial charge in [-0.2, -0.15) is 13.2 Å². The van der Waals surface area contributed by atoms with Crippen LogP contribution < -0.4 is 10.2 Å². The summed E-state index contributed by atoms with van der Waals surface area (Å²) < 4.78 is 55.8. The van der Waals surface area contributed by atoms with Crippen LogP contribution in [0.4, 0.5) is 28.9 Å². The molecule has 0 aliphatic carbocycles. The van der Waals surface area contributed by atoms with E-state index >= 15 is 0 Å². The van der Waals surface area contributed by atoms with E-state index in [9.17, 15) is 27.8 Å². The summed E-state index contributed by atoms with van der Waals surface area (Å²) in [5.74, 6) is -0.981. The minimum absolute atomic E-state index is 0.0147. The number of nitrogens with one attached hydrogen (secondary N) is 1. The second kappa shape index (κ2) is 7.40. The van der Waals surface area contributed by atoms with Gasteiger partial charge in [0.05, 0.1) is 17.9 Å². The zero-order chi connectivity index (χ0) is 21.4.